The lowest BCUT2D eigenvalue weighted by Gasteiger charge is -2.25. The monoisotopic (exact) mass is 414 g/mol. The van der Waals surface area contributed by atoms with Gasteiger partial charge in [0.2, 0.25) is 10.0 Å². The van der Waals surface area contributed by atoms with Crippen molar-refractivity contribution in [2.24, 2.45) is 0 Å². The summed E-state index contributed by atoms with van der Waals surface area (Å²) in [6.07, 6.45) is 7.44. The van der Waals surface area contributed by atoms with Crippen molar-refractivity contribution in [3.05, 3.63) is 59.2 Å². The van der Waals surface area contributed by atoms with Crippen molar-refractivity contribution in [3.8, 4) is 0 Å². The van der Waals surface area contributed by atoms with E-state index in [1.165, 1.54) is 11.3 Å². The lowest BCUT2D eigenvalue weighted by molar-refractivity contribution is 0.0987. The van der Waals surface area contributed by atoms with Crippen LogP contribution in [0.4, 0.5) is 0 Å². The Morgan fingerprint density at radius 3 is 2.54 bits per heavy atom. The number of fused-ring (bicyclic) bond motifs is 1. The fourth-order valence-corrected chi connectivity index (χ4v) is 6.00. The van der Waals surface area contributed by atoms with E-state index in [0.717, 1.165) is 39.8 Å². The third kappa shape index (κ3) is 4.01. The SMILES string of the molecule is O=C(CCc1ccc(S(=O)(=O)N2CCCCC2)cc1)c1cc2ccncc2s1. The Bertz CT molecular complexity index is 1050. The van der Waals surface area contributed by atoms with Gasteiger partial charge < -0.3 is 0 Å². The van der Waals surface area contributed by atoms with E-state index in [0.29, 0.717) is 30.8 Å². The lowest BCUT2D eigenvalue weighted by Crippen LogP contribution is -2.35. The third-order valence-electron chi connectivity index (χ3n) is 5.11. The molecule has 5 nitrogen and oxygen atoms in total. The van der Waals surface area contributed by atoms with Crippen LogP contribution >= 0.6 is 11.3 Å². The highest BCUT2D eigenvalue weighted by Crippen LogP contribution is 2.26. The number of carbonyl (C=O) groups excluding carboxylic acids is 1. The Hall–Kier alpha value is -2.09. The van der Waals surface area contributed by atoms with E-state index >= 15 is 0 Å². The van der Waals surface area contributed by atoms with E-state index in [2.05, 4.69) is 4.98 Å². The van der Waals surface area contributed by atoms with Gasteiger partial charge in [0, 0.05) is 31.9 Å². The first kappa shape index (κ1) is 19.2. The van der Waals surface area contributed by atoms with Gasteiger partial charge in [0.1, 0.15) is 0 Å². The molecule has 0 bridgehead atoms. The molecule has 1 aromatic carbocycles. The minimum absolute atomic E-state index is 0.103. The Labute approximate surface area is 169 Å². The van der Waals surface area contributed by atoms with Gasteiger partial charge in [-0.1, -0.05) is 18.6 Å². The molecule has 0 aliphatic carbocycles. The van der Waals surface area contributed by atoms with Gasteiger partial charge in [-0.15, -0.1) is 11.3 Å². The summed E-state index contributed by atoms with van der Waals surface area (Å²) < 4.78 is 28.0. The first-order chi connectivity index (χ1) is 13.5. The molecule has 1 aliphatic heterocycles. The third-order valence-corrected chi connectivity index (χ3v) is 8.15. The molecule has 1 saturated heterocycles. The first-order valence-electron chi connectivity index (χ1n) is 9.50. The largest absolute Gasteiger partial charge is 0.293 e. The molecule has 0 unspecified atom stereocenters. The van der Waals surface area contributed by atoms with Crippen LogP contribution in [0.1, 0.15) is 40.9 Å². The summed E-state index contributed by atoms with van der Waals surface area (Å²) in [4.78, 5) is 17.7. The second-order valence-corrected chi connectivity index (χ2v) is 10.1. The van der Waals surface area contributed by atoms with Crippen LogP contribution in [0, 0.1) is 0 Å². The van der Waals surface area contributed by atoms with Gasteiger partial charge in [-0.3, -0.25) is 9.78 Å². The highest BCUT2D eigenvalue weighted by Gasteiger charge is 2.25. The molecule has 0 amide bonds. The maximum atomic E-state index is 12.7. The molecule has 1 fully saturated rings. The van der Waals surface area contributed by atoms with Crippen LogP contribution in [-0.4, -0.2) is 36.6 Å². The second-order valence-electron chi connectivity index (χ2n) is 7.06. The van der Waals surface area contributed by atoms with E-state index in [9.17, 15) is 13.2 Å². The highest BCUT2D eigenvalue weighted by molar-refractivity contribution is 7.89. The van der Waals surface area contributed by atoms with Crippen LogP contribution in [-0.2, 0) is 16.4 Å². The molecule has 3 heterocycles. The lowest BCUT2D eigenvalue weighted by atomic mass is 10.1. The number of sulfonamides is 1. The van der Waals surface area contributed by atoms with Crippen LogP contribution in [0.3, 0.4) is 0 Å². The molecule has 0 N–H and O–H groups in total. The zero-order chi connectivity index (χ0) is 19.6. The standard InChI is InChI=1S/C21H22N2O3S2/c24-19(20-14-17-10-11-22-15-21(17)27-20)9-6-16-4-7-18(8-5-16)28(25,26)23-12-2-1-3-13-23/h4-5,7-8,10-11,14-15H,1-3,6,9,12-13H2. The summed E-state index contributed by atoms with van der Waals surface area (Å²) in [6.45, 7) is 1.20. The summed E-state index contributed by atoms with van der Waals surface area (Å²) >= 11 is 1.47. The first-order valence-corrected chi connectivity index (χ1v) is 11.8. The van der Waals surface area contributed by atoms with E-state index in [-0.39, 0.29) is 5.78 Å². The van der Waals surface area contributed by atoms with Gasteiger partial charge in [0.25, 0.3) is 0 Å². The fourth-order valence-electron chi connectivity index (χ4n) is 3.49. The zero-order valence-electron chi connectivity index (χ0n) is 15.5. The molecule has 28 heavy (non-hydrogen) atoms. The number of Topliss-reactive ketones (excluding diaryl/α,β-unsaturated/α-hetero) is 1. The molecular weight excluding hydrogens is 392 g/mol. The van der Waals surface area contributed by atoms with Crippen LogP contribution < -0.4 is 0 Å². The van der Waals surface area contributed by atoms with Gasteiger partial charge in [-0.25, -0.2) is 8.42 Å². The smallest absolute Gasteiger partial charge is 0.243 e. The van der Waals surface area contributed by atoms with E-state index in [1.807, 2.05) is 24.3 Å². The van der Waals surface area contributed by atoms with Crippen LogP contribution in [0.2, 0.25) is 0 Å². The van der Waals surface area contributed by atoms with E-state index < -0.39 is 10.0 Å². The number of benzene rings is 1. The van der Waals surface area contributed by atoms with Crippen molar-refractivity contribution in [2.75, 3.05) is 13.1 Å². The number of nitrogens with zero attached hydrogens (tertiary/aromatic N) is 2. The summed E-state index contributed by atoms with van der Waals surface area (Å²) in [5.74, 6) is 0.103. The summed E-state index contributed by atoms with van der Waals surface area (Å²) in [5, 5.41) is 1.04. The normalized spacial score (nSPS) is 15.7. The molecule has 0 spiro atoms. The number of ketones is 1. The quantitative estimate of drug-likeness (QED) is 0.565. The minimum atomic E-state index is -3.41. The number of hydrogen-bond acceptors (Lipinski definition) is 5. The van der Waals surface area contributed by atoms with Gasteiger partial charge in [0.05, 0.1) is 14.5 Å². The van der Waals surface area contributed by atoms with E-state index in [4.69, 9.17) is 0 Å². The fraction of sp³-hybridized carbons (Fsp3) is 0.333. The molecule has 7 heteroatoms. The predicted molar refractivity (Wildman–Crippen MR) is 111 cm³/mol. The number of carbonyl (C=O) groups is 1. The molecule has 1 aliphatic rings. The number of pyridine rings is 1. The van der Waals surface area contributed by atoms with E-state index in [1.54, 1.807) is 28.8 Å². The van der Waals surface area contributed by atoms with Crippen molar-refractivity contribution in [1.29, 1.82) is 0 Å². The van der Waals surface area contributed by atoms with Crippen molar-refractivity contribution in [3.63, 3.8) is 0 Å². The Morgan fingerprint density at radius 1 is 1.07 bits per heavy atom. The van der Waals surface area contributed by atoms with Crippen molar-refractivity contribution in [1.82, 2.24) is 9.29 Å². The predicted octanol–water partition coefficient (Wildman–Crippen LogP) is 4.29. The van der Waals surface area contributed by atoms with Crippen molar-refractivity contribution >= 4 is 37.2 Å². The molecule has 146 valence electrons. The zero-order valence-corrected chi connectivity index (χ0v) is 17.1. The molecule has 0 atom stereocenters. The molecule has 3 aromatic rings. The molecule has 0 radical (unpaired) electrons. The minimum Gasteiger partial charge on any atom is -0.293 e. The average Bonchev–Trinajstić information content (AvgIpc) is 3.17. The number of thiophene rings is 1. The average molecular weight is 415 g/mol. The number of aryl methyl sites for hydroxylation is 1. The second kappa shape index (κ2) is 8.11. The molecule has 2 aromatic heterocycles. The molecule has 4 rings (SSSR count). The number of aromatic nitrogens is 1. The van der Waals surface area contributed by atoms with Gasteiger partial charge in [-0.05, 0) is 54.5 Å². The van der Waals surface area contributed by atoms with Crippen molar-refractivity contribution < 1.29 is 13.2 Å². The Kier molecular flexibility index (Phi) is 5.57. The van der Waals surface area contributed by atoms with Gasteiger partial charge >= 0.3 is 0 Å². The van der Waals surface area contributed by atoms with Crippen LogP contribution in [0.25, 0.3) is 10.1 Å². The van der Waals surface area contributed by atoms with Gasteiger partial charge in [-0.2, -0.15) is 4.31 Å². The maximum absolute atomic E-state index is 12.7. The topological polar surface area (TPSA) is 67.3 Å². The van der Waals surface area contributed by atoms with Gasteiger partial charge in [0.15, 0.2) is 5.78 Å². The van der Waals surface area contributed by atoms with Crippen LogP contribution in [0.5, 0.6) is 0 Å². The Morgan fingerprint density at radius 2 is 1.82 bits per heavy atom. The summed E-state index contributed by atoms with van der Waals surface area (Å²) in [7, 11) is -3.41. The van der Waals surface area contributed by atoms with Crippen molar-refractivity contribution in [2.45, 2.75) is 37.0 Å². The number of rotatable bonds is 6. The number of hydrogen-bond donors (Lipinski definition) is 0. The maximum Gasteiger partial charge on any atom is 0.243 e. The highest BCUT2D eigenvalue weighted by atomic mass is 32.2. The van der Waals surface area contributed by atoms with Crippen LogP contribution in [0.15, 0.2) is 53.7 Å². The molecule has 0 saturated carbocycles. The number of piperidine rings is 1. The molecular formula is C21H22N2O3S2. The Balaban J connectivity index is 1.41. The summed E-state index contributed by atoms with van der Waals surface area (Å²) in [6, 6.07) is 10.8. The summed E-state index contributed by atoms with van der Waals surface area (Å²) in [5.41, 5.74) is 0.966.